The molecule has 1 fully saturated rings. The van der Waals surface area contributed by atoms with Crippen LogP contribution in [0.1, 0.15) is 31.2 Å². The number of ether oxygens (including phenoxy) is 1. The summed E-state index contributed by atoms with van der Waals surface area (Å²) in [7, 11) is 1.75. The van der Waals surface area contributed by atoms with E-state index in [1.54, 1.807) is 29.8 Å². The molecule has 1 saturated carbocycles. The number of carbonyl (C=O) groups is 1. The van der Waals surface area contributed by atoms with Crippen molar-refractivity contribution < 1.29 is 9.53 Å². The highest BCUT2D eigenvalue weighted by molar-refractivity contribution is 7.22. The Morgan fingerprint density at radius 1 is 1.25 bits per heavy atom. The summed E-state index contributed by atoms with van der Waals surface area (Å²) in [5, 5.41) is 14.5. The van der Waals surface area contributed by atoms with Gasteiger partial charge in [-0.25, -0.2) is 4.98 Å². The Balaban J connectivity index is 1.38. The first-order valence-electron chi connectivity index (χ1n) is 9.98. The van der Waals surface area contributed by atoms with E-state index in [9.17, 15) is 9.59 Å². The third-order valence-corrected chi connectivity index (χ3v) is 5.79. The zero-order valence-electron chi connectivity index (χ0n) is 17.3. The second-order valence-corrected chi connectivity index (χ2v) is 8.58. The Morgan fingerprint density at radius 3 is 2.88 bits per heavy atom. The largest absolute Gasteiger partial charge is 0.437 e. The van der Waals surface area contributed by atoms with Crippen LogP contribution in [-0.2, 0) is 11.8 Å². The third-order valence-electron chi connectivity index (χ3n) is 4.89. The lowest BCUT2D eigenvalue weighted by Gasteiger charge is -2.08. The number of fused-ring (bicyclic) bond motifs is 1. The van der Waals surface area contributed by atoms with E-state index in [0.717, 1.165) is 23.1 Å². The van der Waals surface area contributed by atoms with Crippen molar-refractivity contribution in [2.24, 2.45) is 7.05 Å². The van der Waals surface area contributed by atoms with Crippen LogP contribution >= 0.6 is 11.3 Å². The number of nitrogens with zero attached hydrogens (tertiary/aromatic N) is 5. The minimum atomic E-state index is -0.224. The summed E-state index contributed by atoms with van der Waals surface area (Å²) in [4.78, 5) is 32.2. The van der Waals surface area contributed by atoms with Gasteiger partial charge in [-0.15, -0.1) is 10.2 Å². The first-order valence-corrected chi connectivity index (χ1v) is 10.8. The van der Waals surface area contributed by atoms with Crippen LogP contribution in [0.2, 0.25) is 0 Å². The molecule has 2 N–H and O–H groups in total. The van der Waals surface area contributed by atoms with Gasteiger partial charge in [0.25, 0.3) is 5.56 Å². The molecule has 10 nitrogen and oxygen atoms in total. The third kappa shape index (κ3) is 4.28. The average molecular weight is 449 g/mol. The van der Waals surface area contributed by atoms with Crippen LogP contribution < -0.4 is 20.9 Å². The summed E-state index contributed by atoms with van der Waals surface area (Å²) in [6, 6.07) is 6.87. The Morgan fingerprint density at radius 2 is 2.09 bits per heavy atom. The lowest BCUT2D eigenvalue weighted by atomic mass is 10.2. The molecule has 4 aromatic rings. The molecule has 11 heteroatoms. The molecule has 32 heavy (non-hydrogen) atoms. The first-order chi connectivity index (χ1) is 15.4. The quantitative estimate of drug-likeness (QED) is 0.458. The zero-order chi connectivity index (χ0) is 22.2. The van der Waals surface area contributed by atoms with Crippen molar-refractivity contribution in [2.75, 3.05) is 10.6 Å². The van der Waals surface area contributed by atoms with Crippen molar-refractivity contribution in [3.8, 4) is 11.6 Å². The van der Waals surface area contributed by atoms with E-state index in [-0.39, 0.29) is 17.3 Å². The zero-order valence-corrected chi connectivity index (χ0v) is 18.1. The van der Waals surface area contributed by atoms with E-state index in [4.69, 9.17) is 4.74 Å². The molecule has 0 aliphatic heterocycles. The van der Waals surface area contributed by atoms with Gasteiger partial charge in [-0.2, -0.15) is 4.98 Å². The lowest BCUT2D eigenvalue weighted by molar-refractivity contribution is -0.114. The van der Waals surface area contributed by atoms with Crippen molar-refractivity contribution in [1.29, 1.82) is 0 Å². The molecule has 1 aliphatic rings. The van der Waals surface area contributed by atoms with Gasteiger partial charge in [0, 0.05) is 38.5 Å². The van der Waals surface area contributed by atoms with Crippen LogP contribution in [0.3, 0.4) is 0 Å². The minimum Gasteiger partial charge on any atom is -0.437 e. The average Bonchev–Trinajstić information content (AvgIpc) is 3.51. The standard InChI is InChI=1S/C21H19N7O3S/c1-11(29)23-17-8-14(5-6-22-17)31-18-9-16-19(27-26-18)25-21(32-16)24-15-7-13(12-3-4-12)10-28(2)20(15)30/h5-10,12H,3-4H2,1-2H3,(H,22,23,29)(H,24,25,27). The van der Waals surface area contributed by atoms with Crippen LogP contribution in [0, 0.1) is 0 Å². The number of nitrogens with one attached hydrogen (secondary N) is 2. The molecule has 4 aromatic heterocycles. The summed E-state index contributed by atoms with van der Waals surface area (Å²) in [5.41, 5.74) is 1.98. The maximum Gasteiger partial charge on any atom is 0.274 e. The number of rotatable bonds is 6. The van der Waals surface area contributed by atoms with Crippen LogP contribution in [0.15, 0.2) is 41.5 Å². The van der Waals surface area contributed by atoms with Crippen molar-refractivity contribution in [1.82, 2.24) is 24.7 Å². The summed E-state index contributed by atoms with van der Waals surface area (Å²) in [6.45, 7) is 1.40. The fourth-order valence-electron chi connectivity index (χ4n) is 3.26. The maximum absolute atomic E-state index is 12.5. The number of pyridine rings is 2. The van der Waals surface area contributed by atoms with Gasteiger partial charge in [0.05, 0.1) is 4.70 Å². The predicted octanol–water partition coefficient (Wildman–Crippen LogP) is 3.55. The lowest BCUT2D eigenvalue weighted by Crippen LogP contribution is -2.19. The second kappa shape index (κ2) is 8.00. The molecular weight excluding hydrogens is 430 g/mol. The second-order valence-electron chi connectivity index (χ2n) is 7.55. The van der Waals surface area contributed by atoms with Crippen molar-refractivity contribution in [3.05, 3.63) is 52.6 Å². The number of thiazole rings is 1. The van der Waals surface area contributed by atoms with E-state index < -0.39 is 0 Å². The van der Waals surface area contributed by atoms with Crippen molar-refractivity contribution >= 4 is 44.2 Å². The van der Waals surface area contributed by atoms with Gasteiger partial charge in [-0.1, -0.05) is 11.3 Å². The molecule has 1 aliphatic carbocycles. The highest BCUT2D eigenvalue weighted by atomic mass is 32.1. The van der Waals surface area contributed by atoms with E-state index in [2.05, 4.69) is 30.8 Å². The molecule has 0 saturated heterocycles. The summed E-state index contributed by atoms with van der Waals surface area (Å²) in [5.74, 6) is 1.42. The number of hydrogen-bond donors (Lipinski definition) is 2. The van der Waals surface area contributed by atoms with E-state index in [1.807, 2.05) is 12.3 Å². The van der Waals surface area contributed by atoms with Gasteiger partial charge < -0.3 is 19.9 Å². The Labute approximate surface area is 186 Å². The molecule has 5 rings (SSSR count). The maximum atomic E-state index is 12.5. The smallest absolute Gasteiger partial charge is 0.274 e. The number of amides is 1. The summed E-state index contributed by atoms with van der Waals surface area (Å²) >= 11 is 1.35. The monoisotopic (exact) mass is 449 g/mol. The molecule has 0 radical (unpaired) electrons. The van der Waals surface area contributed by atoms with Gasteiger partial charge in [0.15, 0.2) is 10.8 Å². The van der Waals surface area contributed by atoms with E-state index >= 15 is 0 Å². The number of aromatic nitrogens is 5. The van der Waals surface area contributed by atoms with Crippen molar-refractivity contribution in [2.45, 2.75) is 25.7 Å². The Bertz CT molecular complexity index is 1390. The van der Waals surface area contributed by atoms with Gasteiger partial charge in [0.2, 0.25) is 11.8 Å². The highest BCUT2D eigenvalue weighted by Gasteiger charge is 2.25. The van der Waals surface area contributed by atoms with Crippen LogP contribution in [0.4, 0.5) is 16.6 Å². The molecule has 0 atom stereocenters. The molecule has 0 aromatic carbocycles. The summed E-state index contributed by atoms with van der Waals surface area (Å²) in [6.07, 6.45) is 5.73. The number of carbonyl (C=O) groups excluding carboxylic acids is 1. The minimum absolute atomic E-state index is 0.114. The van der Waals surface area contributed by atoms with Crippen molar-refractivity contribution in [3.63, 3.8) is 0 Å². The molecule has 0 bridgehead atoms. The molecule has 1 amide bonds. The van der Waals surface area contributed by atoms with Crippen LogP contribution in [-0.4, -0.2) is 30.6 Å². The van der Waals surface area contributed by atoms with E-state index in [0.29, 0.717) is 34.0 Å². The molecule has 162 valence electrons. The van der Waals surface area contributed by atoms with Gasteiger partial charge in [-0.3, -0.25) is 9.59 Å². The molecule has 0 unspecified atom stereocenters. The number of aryl methyl sites for hydroxylation is 1. The highest BCUT2D eigenvalue weighted by Crippen LogP contribution is 2.40. The number of hydrogen-bond acceptors (Lipinski definition) is 9. The Hall–Kier alpha value is -3.86. The topological polar surface area (TPSA) is 124 Å². The van der Waals surface area contributed by atoms with E-state index in [1.165, 1.54) is 24.5 Å². The fourth-order valence-corrected chi connectivity index (χ4v) is 4.10. The van der Waals surface area contributed by atoms with Gasteiger partial charge in [-0.05, 0) is 36.5 Å². The normalized spacial score (nSPS) is 13.2. The summed E-state index contributed by atoms with van der Waals surface area (Å²) < 4.78 is 8.11. The Kier molecular flexibility index (Phi) is 5.02. The van der Waals surface area contributed by atoms with Crippen LogP contribution in [0.25, 0.3) is 10.3 Å². The number of anilines is 3. The molecule has 0 spiro atoms. The SMILES string of the molecule is CC(=O)Nc1cc(Oc2cc3sc(Nc4cc(C5CC5)cn(C)c4=O)nc3nn2)ccn1. The van der Waals surface area contributed by atoms with Gasteiger partial charge >= 0.3 is 0 Å². The fraction of sp³-hybridized carbons (Fsp3) is 0.238. The van der Waals surface area contributed by atoms with Gasteiger partial charge in [0.1, 0.15) is 17.3 Å². The van der Waals surface area contributed by atoms with Crippen LogP contribution in [0.5, 0.6) is 11.6 Å². The first kappa shape index (κ1) is 20.1. The predicted molar refractivity (Wildman–Crippen MR) is 121 cm³/mol. The molecule has 4 heterocycles. The molecular formula is C21H19N7O3S.